The number of methoxy groups -OCH3 is 1. The van der Waals surface area contributed by atoms with Crippen molar-refractivity contribution in [3.63, 3.8) is 0 Å². The number of carbonyl (C=O) groups excluding carboxylic acids is 1. The number of nitrogens with zero attached hydrogens (tertiary/aromatic N) is 1. The summed E-state index contributed by atoms with van der Waals surface area (Å²) in [4.78, 5) is 11.2. The van der Waals surface area contributed by atoms with Crippen LogP contribution in [-0.2, 0) is 19.6 Å². The van der Waals surface area contributed by atoms with Gasteiger partial charge in [0, 0.05) is 0 Å². The zero-order chi connectivity index (χ0) is 13.8. The molecule has 5 nitrogen and oxygen atoms in total. The fourth-order valence-electron chi connectivity index (χ4n) is 1.30. The zero-order valence-electron chi connectivity index (χ0n) is 10.1. The van der Waals surface area contributed by atoms with Crippen LogP contribution in [-0.4, -0.2) is 33.8 Å². The van der Waals surface area contributed by atoms with E-state index in [0.29, 0.717) is 0 Å². The maximum absolute atomic E-state index is 12.8. The molecule has 0 saturated heterocycles. The predicted molar refractivity (Wildman–Crippen MR) is 65.2 cm³/mol. The second kappa shape index (κ2) is 5.81. The Balaban J connectivity index is 3.12. The summed E-state index contributed by atoms with van der Waals surface area (Å²) >= 11 is 0. The molecule has 18 heavy (non-hydrogen) atoms. The molecule has 0 aromatic heterocycles. The molecule has 0 amide bonds. The van der Waals surface area contributed by atoms with E-state index in [4.69, 9.17) is 0 Å². The highest BCUT2D eigenvalue weighted by Crippen LogP contribution is 2.18. The minimum absolute atomic E-state index is 0.165. The molecule has 0 bridgehead atoms. The van der Waals surface area contributed by atoms with Gasteiger partial charge in [-0.1, -0.05) is 0 Å². The zero-order valence-corrected chi connectivity index (χ0v) is 10.9. The molecule has 0 heterocycles. The van der Waals surface area contributed by atoms with Gasteiger partial charge in [0.2, 0.25) is 10.0 Å². The summed E-state index contributed by atoms with van der Waals surface area (Å²) in [6.45, 7) is 1.03. The summed E-state index contributed by atoms with van der Waals surface area (Å²) < 4.78 is 41.9. The third-order valence-corrected chi connectivity index (χ3v) is 4.06. The van der Waals surface area contributed by atoms with Crippen LogP contribution in [0.5, 0.6) is 0 Å². The van der Waals surface area contributed by atoms with E-state index in [-0.39, 0.29) is 11.4 Å². The lowest BCUT2D eigenvalue weighted by molar-refractivity contribution is -0.138. The number of halogens is 1. The fraction of sp³-hybridized carbons (Fsp3) is 0.364. The van der Waals surface area contributed by atoms with Gasteiger partial charge in [-0.3, -0.25) is 9.10 Å². The Morgan fingerprint density at radius 2 is 1.89 bits per heavy atom. The number of anilines is 1. The second-order valence-electron chi connectivity index (χ2n) is 3.46. The van der Waals surface area contributed by atoms with E-state index in [2.05, 4.69) is 4.74 Å². The van der Waals surface area contributed by atoms with Crippen LogP contribution in [0.4, 0.5) is 10.1 Å². The number of hydrogen-bond acceptors (Lipinski definition) is 4. The molecule has 0 fully saturated rings. The van der Waals surface area contributed by atoms with Crippen molar-refractivity contribution in [2.45, 2.75) is 6.92 Å². The van der Waals surface area contributed by atoms with Gasteiger partial charge in [-0.2, -0.15) is 0 Å². The third-order valence-electron chi connectivity index (χ3n) is 2.32. The maximum atomic E-state index is 12.8. The van der Waals surface area contributed by atoms with E-state index in [1.165, 1.54) is 26.2 Å². The summed E-state index contributed by atoms with van der Waals surface area (Å²) in [5, 5.41) is 0. The average molecular weight is 275 g/mol. The molecule has 0 saturated carbocycles. The molecule has 0 aliphatic rings. The molecule has 100 valence electrons. The van der Waals surface area contributed by atoms with E-state index in [1.54, 1.807) is 0 Å². The Bertz CT molecular complexity index is 512. The largest absolute Gasteiger partial charge is 0.468 e. The highest BCUT2D eigenvalue weighted by Gasteiger charge is 2.23. The maximum Gasteiger partial charge on any atom is 0.326 e. The summed E-state index contributed by atoms with van der Waals surface area (Å²) in [5.74, 6) is -1.33. The smallest absolute Gasteiger partial charge is 0.326 e. The number of hydrogen-bond donors (Lipinski definition) is 0. The first-order valence-electron chi connectivity index (χ1n) is 5.23. The number of sulfonamides is 1. The Kier molecular flexibility index (Phi) is 4.66. The lowest BCUT2D eigenvalue weighted by atomic mass is 10.3. The van der Waals surface area contributed by atoms with Crippen LogP contribution in [0, 0.1) is 5.82 Å². The second-order valence-corrected chi connectivity index (χ2v) is 5.64. The molecule has 0 spiro atoms. The van der Waals surface area contributed by atoms with Crippen LogP contribution in [0.3, 0.4) is 0 Å². The van der Waals surface area contributed by atoms with Crippen molar-refractivity contribution in [1.82, 2.24) is 0 Å². The molecule has 0 unspecified atom stereocenters. The van der Waals surface area contributed by atoms with E-state index in [9.17, 15) is 17.6 Å². The van der Waals surface area contributed by atoms with Crippen molar-refractivity contribution < 1.29 is 22.3 Å². The third kappa shape index (κ3) is 3.43. The van der Waals surface area contributed by atoms with Gasteiger partial charge in [0.15, 0.2) is 0 Å². The Morgan fingerprint density at radius 3 is 2.33 bits per heavy atom. The highest BCUT2D eigenvalue weighted by atomic mass is 32.2. The number of benzene rings is 1. The lowest BCUT2D eigenvalue weighted by Crippen LogP contribution is -2.37. The number of esters is 1. The van der Waals surface area contributed by atoms with Crippen LogP contribution in [0.1, 0.15) is 6.92 Å². The van der Waals surface area contributed by atoms with Crippen molar-refractivity contribution in [2.75, 3.05) is 23.7 Å². The van der Waals surface area contributed by atoms with E-state index in [1.807, 2.05) is 0 Å². The van der Waals surface area contributed by atoms with Gasteiger partial charge < -0.3 is 4.74 Å². The van der Waals surface area contributed by atoms with Crippen LogP contribution < -0.4 is 4.31 Å². The van der Waals surface area contributed by atoms with Gasteiger partial charge in [-0.05, 0) is 31.2 Å². The van der Waals surface area contributed by atoms with Gasteiger partial charge in [-0.15, -0.1) is 0 Å². The molecule has 0 N–H and O–H groups in total. The minimum Gasteiger partial charge on any atom is -0.468 e. The molecule has 0 atom stereocenters. The van der Waals surface area contributed by atoms with Crippen LogP contribution in [0.2, 0.25) is 0 Å². The van der Waals surface area contributed by atoms with Gasteiger partial charge in [-0.25, -0.2) is 12.8 Å². The monoisotopic (exact) mass is 275 g/mol. The summed E-state index contributed by atoms with van der Waals surface area (Å²) in [6.07, 6.45) is 0. The van der Waals surface area contributed by atoms with Crippen molar-refractivity contribution >= 4 is 21.7 Å². The van der Waals surface area contributed by atoms with Crippen LogP contribution >= 0.6 is 0 Å². The van der Waals surface area contributed by atoms with Crippen molar-refractivity contribution in [3.05, 3.63) is 30.1 Å². The lowest BCUT2D eigenvalue weighted by Gasteiger charge is -2.22. The fourth-order valence-corrected chi connectivity index (χ4v) is 2.35. The minimum atomic E-state index is -3.62. The first-order valence-corrected chi connectivity index (χ1v) is 6.84. The number of ether oxygens (including phenoxy) is 1. The molecule has 7 heteroatoms. The Morgan fingerprint density at radius 1 is 1.33 bits per heavy atom. The number of rotatable bonds is 5. The van der Waals surface area contributed by atoms with E-state index >= 15 is 0 Å². The normalized spacial score (nSPS) is 11.1. The molecule has 1 aromatic rings. The van der Waals surface area contributed by atoms with Crippen LogP contribution in [0.15, 0.2) is 24.3 Å². The summed E-state index contributed by atoms with van der Waals surface area (Å²) in [7, 11) is -2.45. The van der Waals surface area contributed by atoms with Gasteiger partial charge in [0.05, 0.1) is 18.6 Å². The molecule has 1 rings (SSSR count). The summed E-state index contributed by atoms with van der Waals surface area (Å²) in [6, 6.07) is 4.85. The average Bonchev–Trinajstić information content (AvgIpc) is 2.36. The molecular weight excluding hydrogens is 261 g/mol. The molecule has 0 radical (unpaired) electrons. The molecule has 1 aromatic carbocycles. The van der Waals surface area contributed by atoms with Crippen molar-refractivity contribution in [1.29, 1.82) is 0 Å². The topological polar surface area (TPSA) is 63.7 Å². The van der Waals surface area contributed by atoms with E-state index in [0.717, 1.165) is 16.4 Å². The van der Waals surface area contributed by atoms with Crippen molar-refractivity contribution in [3.8, 4) is 0 Å². The molecule has 0 aliphatic heterocycles. The Labute approximate surface area is 105 Å². The first-order chi connectivity index (χ1) is 8.40. The summed E-state index contributed by atoms with van der Waals surface area (Å²) in [5.41, 5.74) is 0.226. The quantitative estimate of drug-likeness (QED) is 0.756. The highest BCUT2D eigenvalue weighted by molar-refractivity contribution is 7.92. The number of carbonyl (C=O) groups is 1. The standard InChI is InChI=1S/C11H14FNO4S/c1-3-18(15,16)13(8-11(14)17-2)10-6-4-9(12)5-7-10/h4-7H,3,8H2,1-2H3. The van der Waals surface area contributed by atoms with Gasteiger partial charge >= 0.3 is 5.97 Å². The first kappa shape index (κ1) is 14.4. The molecular formula is C11H14FNO4S. The van der Waals surface area contributed by atoms with Crippen molar-refractivity contribution in [2.24, 2.45) is 0 Å². The van der Waals surface area contributed by atoms with Gasteiger partial charge in [0.1, 0.15) is 12.4 Å². The SMILES string of the molecule is CCS(=O)(=O)N(CC(=O)OC)c1ccc(F)cc1. The predicted octanol–water partition coefficient (Wildman–Crippen LogP) is 1.15. The van der Waals surface area contributed by atoms with E-state index < -0.39 is 28.4 Å². The molecule has 0 aliphatic carbocycles. The van der Waals surface area contributed by atoms with Gasteiger partial charge in [0.25, 0.3) is 0 Å². The Hall–Kier alpha value is -1.63. The van der Waals surface area contributed by atoms with Crippen LogP contribution in [0.25, 0.3) is 0 Å².